The fraction of sp³-hybridized carbons (Fsp3) is 0.350. The van der Waals surface area contributed by atoms with E-state index in [2.05, 4.69) is 11.9 Å². The van der Waals surface area contributed by atoms with Crippen LogP contribution in [0.2, 0.25) is 5.15 Å². The second-order valence-electron chi connectivity index (χ2n) is 6.63. The topological polar surface area (TPSA) is 56.5 Å². The number of benzene rings is 1. The van der Waals surface area contributed by atoms with Gasteiger partial charge in [0.15, 0.2) is 5.15 Å². The van der Waals surface area contributed by atoms with Crippen LogP contribution in [-0.2, 0) is 4.79 Å². The number of halogens is 1. The third kappa shape index (κ3) is 3.07. The van der Waals surface area contributed by atoms with E-state index in [1.807, 2.05) is 34.9 Å². The lowest BCUT2D eigenvalue weighted by molar-refractivity contribution is -0.124. The van der Waals surface area contributed by atoms with Crippen LogP contribution < -0.4 is 4.74 Å². The number of nitrogens with zero attached hydrogens (tertiary/aromatic N) is 3. The Labute approximate surface area is 157 Å². The van der Waals surface area contributed by atoms with E-state index in [1.54, 1.807) is 6.20 Å². The summed E-state index contributed by atoms with van der Waals surface area (Å²) in [4.78, 5) is 20.5. The van der Waals surface area contributed by atoms with Gasteiger partial charge in [-0.15, -0.1) is 0 Å². The summed E-state index contributed by atoms with van der Waals surface area (Å²) in [5.41, 5.74) is 2.48. The minimum Gasteiger partial charge on any atom is -0.494 e. The molecule has 0 atom stereocenters. The van der Waals surface area contributed by atoms with E-state index in [1.165, 1.54) is 0 Å². The summed E-state index contributed by atoms with van der Waals surface area (Å²) in [6.07, 6.45) is 6.72. The van der Waals surface area contributed by atoms with Crippen LogP contribution in [0.15, 0.2) is 36.7 Å². The predicted octanol–water partition coefficient (Wildman–Crippen LogP) is 4.68. The number of rotatable bonds is 6. The molecule has 3 aromatic rings. The molecule has 0 unspecified atom stereocenters. The summed E-state index contributed by atoms with van der Waals surface area (Å²) < 4.78 is 7.79. The normalized spacial score (nSPS) is 14.6. The van der Waals surface area contributed by atoms with Crippen LogP contribution in [0.1, 0.15) is 44.3 Å². The Morgan fingerprint density at radius 2 is 2.19 bits per heavy atom. The molecule has 1 saturated carbocycles. The molecule has 0 amide bonds. The van der Waals surface area contributed by atoms with Crippen molar-refractivity contribution in [1.29, 1.82) is 0 Å². The van der Waals surface area contributed by atoms with Crippen molar-refractivity contribution < 1.29 is 9.53 Å². The van der Waals surface area contributed by atoms with Gasteiger partial charge in [-0.1, -0.05) is 37.1 Å². The number of ether oxygens (including phenoxy) is 1. The molecule has 0 bridgehead atoms. The first-order chi connectivity index (χ1) is 12.7. The zero-order chi connectivity index (χ0) is 18.1. The molecule has 0 saturated heterocycles. The Morgan fingerprint density at radius 1 is 1.35 bits per heavy atom. The Balaban J connectivity index is 1.77. The molecule has 6 heteroatoms. The molecule has 2 heterocycles. The van der Waals surface area contributed by atoms with Gasteiger partial charge in [-0.25, -0.2) is 9.97 Å². The standard InChI is InChI=1S/C20H20ClN3O2/c1-2-3-9-26-16-6-4-5-13(12-16)17-18-19(21)22-7-8-24(18)20(23-17)14-10-15(25)11-14/h4-8,12,14H,2-3,9-11H2,1H3. The number of aromatic nitrogens is 3. The van der Waals surface area contributed by atoms with Crippen LogP contribution >= 0.6 is 11.6 Å². The van der Waals surface area contributed by atoms with Crippen molar-refractivity contribution in [2.75, 3.05) is 6.61 Å². The number of ketones is 1. The molecule has 0 radical (unpaired) electrons. The Morgan fingerprint density at radius 3 is 2.96 bits per heavy atom. The first-order valence-corrected chi connectivity index (χ1v) is 9.32. The van der Waals surface area contributed by atoms with Crippen molar-refractivity contribution in [1.82, 2.24) is 14.4 Å². The molecule has 0 spiro atoms. The van der Waals surface area contributed by atoms with Crippen molar-refractivity contribution in [3.63, 3.8) is 0 Å². The molecule has 2 aromatic heterocycles. The van der Waals surface area contributed by atoms with Crippen LogP contribution in [0.25, 0.3) is 16.8 Å². The third-order valence-electron chi connectivity index (χ3n) is 4.72. The molecule has 26 heavy (non-hydrogen) atoms. The number of imidazole rings is 1. The van der Waals surface area contributed by atoms with Crippen LogP contribution in [-0.4, -0.2) is 26.8 Å². The molecule has 134 valence electrons. The lowest BCUT2D eigenvalue weighted by Gasteiger charge is -2.22. The van der Waals surface area contributed by atoms with Gasteiger partial charge in [0.05, 0.1) is 12.3 Å². The van der Waals surface area contributed by atoms with Crippen molar-refractivity contribution in [3.8, 4) is 17.0 Å². The largest absolute Gasteiger partial charge is 0.494 e. The maximum Gasteiger partial charge on any atom is 0.155 e. The van der Waals surface area contributed by atoms with Gasteiger partial charge in [-0.05, 0) is 18.6 Å². The zero-order valence-electron chi connectivity index (χ0n) is 14.6. The summed E-state index contributed by atoms with van der Waals surface area (Å²) in [6, 6.07) is 7.88. The number of carbonyl (C=O) groups is 1. The van der Waals surface area contributed by atoms with Crippen LogP contribution in [0, 0.1) is 0 Å². The Kier molecular flexibility index (Phi) is 4.64. The van der Waals surface area contributed by atoms with Crippen LogP contribution in [0.3, 0.4) is 0 Å². The van der Waals surface area contributed by atoms with Crippen LogP contribution in [0.4, 0.5) is 0 Å². The van der Waals surface area contributed by atoms with E-state index in [9.17, 15) is 4.79 Å². The molecule has 1 aliphatic carbocycles. The lowest BCUT2D eigenvalue weighted by atomic mass is 9.83. The zero-order valence-corrected chi connectivity index (χ0v) is 15.4. The Bertz CT molecular complexity index is 959. The van der Waals surface area contributed by atoms with E-state index >= 15 is 0 Å². The second kappa shape index (κ2) is 7.08. The second-order valence-corrected chi connectivity index (χ2v) is 6.99. The minimum atomic E-state index is 0.145. The summed E-state index contributed by atoms with van der Waals surface area (Å²) in [7, 11) is 0. The molecule has 1 aliphatic rings. The van der Waals surface area contributed by atoms with Gasteiger partial charge in [-0.3, -0.25) is 9.20 Å². The molecule has 4 rings (SSSR count). The maximum atomic E-state index is 11.4. The summed E-state index contributed by atoms with van der Waals surface area (Å²) in [5.74, 6) is 2.11. The van der Waals surface area contributed by atoms with Gasteiger partial charge in [0.25, 0.3) is 0 Å². The molecule has 0 N–H and O–H groups in total. The first-order valence-electron chi connectivity index (χ1n) is 8.94. The Hall–Kier alpha value is -2.40. The average Bonchev–Trinajstić information content (AvgIpc) is 3.00. The number of fused-ring (bicyclic) bond motifs is 1. The molecule has 1 aromatic carbocycles. The smallest absolute Gasteiger partial charge is 0.155 e. The predicted molar refractivity (Wildman–Crippen MR) is 101 cm³/mol. The highest BCUT2D eigenvalue weighted by Gasteiger charge is 2.32. The molecular formula is C20H20ClN3O2. The van der Waals surface area contributed by atoms with Crippen molar-refractivity contribution >= 4 is 22.9 Å². The quantitative estimate of drug-likeness (QED) is 0.592. The lowest BCUT2D eigenvalue weighted by Crippen LogP contribution is -2.23. The SMILES string of the molecule is CCCCOc1cccc(-c2nc(C3CC(=O)C3)n3ccnc(Cl)c23)c1. The molecule has 0 aliphatic heterocycles. The monoisotopic (exact) mass is 369 g/mol. The van der Waals surface area contributed by atoms with Gasteiger partial charge in [0.2, 0.25) is 0 Å². The molecular weight excluding hydrogens is 350 g/mol. The van der Waals surface area contributed by atoms with Gasteiger partial charge < -0.3 is 4.74 Å². The summed E-state index contributed by atoms with van der Waals surface area (Å²) >= 11 is 6.39. The highest BCUT2D eigenvalue weighted by Crippen LogP contribution is 2.38. The summed E-state index contributed by atoms with van der Waals surface area (Å²) in [6.45, 7) is 2.83. The molecule has 1 fully saturated rings. The highest BCUT2D eigenvalue weighted by atomic mass is 35.5. The van der Waals surface area contributed by atoms with E-state index in [-0.39, 0.29) is 11.7 Å². The number of hydrogen-bond acceptors (Lipinski definition) is 4. The van der Waals surface area contributed by atoms with Crippen molar-refractivity contribution in [2.45, 2.75) is 38.5 Å². The minimum absolute atomic E-state index is 0.145. The van der Waals surface area contributed by atoms with Gasteiger partial charge in [0, 0.05) is 36.7 Å². The van der Waals surface area contributed by atoms with Gasteiger partial charge in [0.1, 0.15) is 22.9 Å². The third-order valence-corrected chi connectivity index (χ3v) is 5.00. The first kappa shape index (κ1) is 17.0. The summed E-state index contributed by atoms with van der Waals surface area (Å²) in [5, 5.41) is 0.407. The fourth-order valence-corrected chi connectivity index (χ4v) is 3.49. The van der Waals surface area contributed by atoms with E-state index < -0.39 is 0 Å². The number of unbranched alkanes of at least 4 members (excludes halogenated alkanes) is 1. The van der Waals surface area contributed by atoms with Crippen molar-refractivity contribution in [3.05, 3.63) is 47.6 Å². The fourth-order valence-electron chi connectivity index (χ4n) is 3.25. The molecule has 5 nitrogen and oxygen atoms in total. The number of carbonyl (C=O) groups excluding carboxylic acids is 1. The highest BCUT2D eigenvalue weighted by molar-refractivity contribution is 6.33. The number of Topliss-reactive ketones (excluding diaryl/α,β-unsaturated/α-hetero) is 1. The average molecular weight is 370 g/mol. The van der Waals surface area contributed by atoms with Gasteiger partial charge >= 0.3 is 0 Å². The number of hydrogen-bond donors (Lipinski definition) is 0. The van der Waals surface area contributed by atoms with E-state index in [0.29, 0.717) is 24.6 Å². The maximum absolute atomic E-state index is 11.4. The van der Waals surface area contributed by atoms with E-state index in [4.69, 9.17) is 21.3 Å². The van der Waals surface area contributed by atoms with Gasteiger partial charge in [-0.2, -0.15) is 0 Å². The van der Waals surface area contributed by atoms with Crippen molar-refractivity contribution in [2.24, 2.45) is 0 Å². The van der Waals surface area contributed by atoms with E-state index in [0.717, 1.165) is 41.2 Å². The van der Waals surface area contributed by atoms with Crippen LogP contribution in [0.5, 0.6) is 5.75 Å².